The number of nitrogens with zero attached hydrogens (tertiary/aromatic N) is 4. The van der Waals surface area contributed by atoms with Crippen molar-refractivity contribution in [3.05, 3.63) is 307 Å². The van der Waals surface area contributed by atoms with Crippen molar-refractivity contribution in [2.75, 3.05) is 0 Å². The molecule has 780 valence electrons. The van der Waals surface area contributed by atoms with Crippen molar-refractivity contribution in [2.45, 2.75) is 331 Å². The fraction of sp³-hybridized carbons (Fsp3) is 0.438. The van der Waals surface area contributed by atoms with Crippen LogP contribution in [-0.2, 0) is 112 Å². The first-order valence-electron chi connectivity index (χ1n) is 52.3. The molecule has 4 aromatic heterocycles. The summed E-state index contributed by atoms with van der Waals surface area (Å²) < 4.78 is 0. The number of hydrogen-bond donors (Lipinski definition) is 4. The van der Waals surface area contributed by atoms with Crippen LogP contribution in [0, 0.1) is 115 Å². The average molecular weight is 2650 g/mol. The summed E-state index contributed by atoms with van der Waals surface area (Å²) in [4.78, 5) is 63.9. The third kappa shape index (κ3) is 37.9. The zero-order valence-corrected chi connectivity index (χ0v) is 99.4. The molecule has 4 N–H and O–H groups in total. The molecule has 0 spiro atoms. The molecule has 12 nitrogen and oxygen atoms in total. The monoisotopic (exact) mass is 2650 g/mol. The summed E-state index contributed by atoms with van der Waals surface area (Å²) >= 11 is 0. The van der Waals surface area contributed by atoms with Gasteiger partial charge < -0.3 is 20.4 Å². The molecule has 0 atom stereocenters. The predicted molar refractivity (Wildman–Crippen MR) is 587 cm³/mol. The van der Waals surface area contributed by atoms with Gasteiger partial charge in [0.2, 0.25) is 0 Å². The van der Waals surface area contributed by atoms with E-state index in [2.05, 4.69) is 250 Å². The predicted octanol–water partition coefficient (Wildman–Crippen LogP) is 34.6. The number of ketones is 4. The minimum Gasteiger partial charge on any atom is -0.512 e. The number of aliphatic hydroxyl groups excluding tert-OH is 4. The third-order valence-corrected chi connectivity index (χ3v) is 28.2. The molecule has 4 heterocycles. The SMILES string of the molecule is CC(=O)C=C(C)O.CC(=O)C=C(C)O.CCC(CC)C(=O)C(C)=C(O)C(CC)CC.CCC(CC)C(=O)C(C)=C(O)C(CC)CC.Cc1[c-]c(-c2ccc3c(C4CCC4)cccc3n2)cc(C)c1.Cc1[c-]c(-c2ccc3c(C4CCCCCC4)cccc3n2)cc(C)c1.Cc1[c-]c(-c2ccc3c(CC4CCC4)cccc3n2)cc(C)c1.Cc1[c-]c(-c2ccc3c(CC4CCCC4)cccc3n2)cc(C)c1.[Ir].[Ir].[Ir].[Ir]. The van der Waals surface area contributed by atoms with Crippen LogP contribution in [0.25, 0.3) is 88.6 Å². The largest absolute Gasteiger partial charge is 0.512 e. The summed E-state index contributed by atoms with van der Waals surface area (Å²) in [5.74, 6) is 4.32. The summed E-state index contributed by atoms with van der Waals surface area (Å²) in [5.41, 5.74) is 29.7. The van der Waals surface area contributed by atoms with Gasteiger partial charge in [-0.15, -0.1) is 140 Å². The van der Waals surface area contributed by atoms with E-state index in [9.17, 15) is 29.4 Å². The number of pyridine rings is 4. The van der Waals surface area contributed by atoms with Crippen LogP contribution < -0.4 is 0 Å². The van der Waals surface area contributed by atoms with E-state index in [1.54, 1.807) is 13.8 Å². The van der Waals surface area contributed by atoms with Crippen LogP contribution in [0.2, 0.25) is 0 Å². The van der Waals surface area contributed by atoms with Gasteiger partial charge >= 0.3 is 0 Å². The molecule has 0 bridgehead atoms. The van der Waals surface area contributed by atoms with Gasteiger partial charge in [0.05, 0.1) is 33.6 Å². The second-order valence-electron chi connectivity index (χ2n) is 39.9. The Morgan fingerprint density at radius 3 is 0.799 bits per heavy atom. The van der Waals surface area contributed by atoms with E-state index < -0.39 is 0 Å². The molecule has 0 aliphatic heterocycles. The number of fused-ring (bicyclic) bond motifs is 4. The molecule has 0 unspecified atom stereocenters. The number of hydrogen-bond acceptors (Lipinski definition) is 12. The summed E-state index contributed by atoms with van der Waals surface area (Å²) in [6.45, 7) is 42.4. The van der Waals surface area contributed by atoms with Gasteiger partial charge in [0, 0.05) is 149 Å². The first kappa shape index (κ1) is 125. The Balaban J connectivity index is 0.000000297. The number of Topliss-reactive ketones (excluding diaryl/α,β-unsaturated/α-hetero) is 2. The minimum absolute atomic E-state index is 0. The first-order valence-corrected chi connectivity index (χ1v) is 52.3. The van der Waals surface area contributed by atoms with E-state index in [-0.39, 0.29) is 139 Å². The summed E-state index contributed by atoms with van der Waals surface area (Å²) in [7, 11) is 0. The quantitative estimate of drug-likeness (QED) is 0.0173. The number of rotatable bonds is 26. The Labute approximate surface area is 917 Å². The summed E-state index contributed by atoms with van der Waals surface area (Å²) in [6.07, 6.45) is 33.6. The van der Waals surface area contributed by atoms with Crippen molar-refractivity contribution in [1.29, 1.82) is 0 Å². The molecule has 4 radical (unpaired) electrons. The second-order valence-corrected chi connectivity index (χ2v) is 39.9. The molecule has 8 aromatic carbocycles. The maximum absolute atomic E-state index is 12.1. The molecule has 4 fully saturated rings. The summed E-state index contributed by atoms with van der Waals surface area (Å²) in [5, 5.41) is 42.1. The molecular formula is C128H160Ir4N4O8-4. The van der Waals surface area contributed by atoms with E-state index in [1.807, 2.05) is 55.4 Å². The van der Waals surface area contributed by atoms with Crippen LogP contribution >= 0.6 is 0 Å². The Kier molecular flexibility index (Phi) is 55.3. The zero-order valence-electron chi connectivity index (χ0n) is 89.9. The van der Waals surface area contributed by atoms with Gasteiger partial charge in [-0.1, -0.05) is 285 Å². The fourth-order valence-corrected chi connectivity index (χ4v) is 20.2. The normalized spacial score (nSPS) is 14.0. The number of aryl methyl sites for hydroxylation is 8. The maximum atomic E-state index is 12.1. The third-order valence-electron chi connectivity index (χ3n) is 28.2. The van der Waals surface area contributed by atoms with Gasteiger partial charge in [0.1, 0.15) is 11.5 Å². The molecule has 0 saturated heterocycles. The fourth-order valence-electron chi connectivity index (χ4n) is 20.2. The molecule has 144 heavy (non-hydrogen) atoms. The zero-order chi connectivity index (χ0) is 102. The van der Waals surface area contributed by atoms with E-state index in [1.165, 1.54) is 244 Å². The van der Waals surface area contributed by atoms with Crippen molar-refractivity contribution < 1.29 is 120 Å². The van der Waals surface area contributed by atoms with Gasteiger partial charge in [-0.05, 0) is 224 Å². The molecule has 4 aliphatic rings. The van der Waals surface area contributed by atoms with Gasteiger partial charge in [0.25, 0.3) is 0 Å². The van der Waals surface area contributed by atoms with Crippen molar-refractivity contribution in [3.63, 3.8) is 0 Å². The molecule has 4 saturated carbocycles. The number of carbonyl (C=O) groups excluding carboxylic acids is 4. The number of aromatic nitrogens is 4. The van der Waals surface area contributed by atoms with Crippen molar-refractivity contribution in [1.82, 2.24) is 19.9 Å². The standard InChI is InChI=1S/C24H26N.C23H24N.C22H22N.C21H20N.2C14H26O2.2C5H8O2.4Ir/c1-17-14-18(2)16-20(15-17)23-13-12-22-21(10-7-11-24(22)25-23)19-8-5-3-4-6-9-19;1-16-12-17(2)14-20(13-16)22-11-10-21-19(8-5-9-23(21)24-22)15-18-6-3-4-7-18;1-15-11-16(2)13-19(12-15)21-10-9-20-18(14-17-5-3-6-17)7-4-8-22(20)23-21;1-14-11-15(2)13-17(12-14)20-10-9-19-18(16-5-3-6-16)7-4-8-21(19)22-20;2*1-6-11(7-2)13(15)10(5)14(16)12(8-3)9-4;2*1-4(6)3-5(2)7;;;;/h7,10-15,19H,3-6,8-9H2,1-2H3;5,8-13,18H,3-4,6-7,15H2,1-2H3;4,7-12,17H,3,5-6,14H2,1-2H3;4,7-12,16H,3,5-6H2,1-2H3;2*11-12,15H,6-9H2,1-5H3;2*3,6H,1-2H3;;;;/q4*-1;;;;;;;;. The van der Waals surface area contributed by atoms with Crippen LogP contribution in [0.1, 0.15) is 330 Å². The van der Waals surface area contributed by atoms with Gasteiger partial charge in [-0.2, -0.15) is 0 Å². The topological polar surface area (TPSA) is 201 Å². The van der Waals surface area contributed by atoms with Crippen LogP contribution in [-0.4, -0.2) is 63.5 Å². The van der Waals surface area contributed by atoms with Crippen molar-refractivity contribution in [3.8, 4) is 45.0 Å². The van der Waals surface area contributed by atoms with Crippen LogP contribution in [0.4, 0.5) is 0 Å². The Bertz CT molecular complexity index is 6100. The van der Waals surface area contributed by atoms with Crippen LogP contribution in [0.15, 0.2) is 216 Å². The van der Waals surface area contributed by atoms with Crippen molar-refractivity contribution in [2.24, 2.45) is 35.5 Å². The summed E-state index contributed by atoms with van der Waals surface area (Å²) in [6, 6.07) is 75.1. The maximum Gasteiger partial charge on any atom is 0.164 e. The molecule has 16 rings (SSSR count). The Morgan fingerprint density at radius 1 is 0.312 bits per heavy atom. The van der Waals surface area contributed by atoms with Crippen molar-refractivity contribution >= 4 is 66.7 Å². The van der Waals surface area contributed by atoms with Gasteiger partial charge in [-0.3, -0.25) is 39.1 Å². The minimum atomic E-state index is -0.125. The van der Waals surface area contributed by atoms with Gasteiger partial charge in [0.15, 0.2) is 23.1 Å². The molecule has 12 aromatic rings. The van der Waals surface area contributed by atoms with Crippen LogP contribution in [0.5, 0.6) is 0 Å². The van der Waals surface area contributed by atoms with E-state index >= 15 is 0 Å². The number of benzene rings is 8. The van der Waals surface area contributed by atoms with E-state index in [0.717, 1.165) is 136 Å². The van der Waals surface area contributed by atoms with E-state index in [0.29, 0.717) is 28.6 Å². The van der Waals surface area contributed by atoms with Gasteiger partial charge in [-0.25, -0.2) is 0 Å². The first-order chi connectivity index (χ1) is 67.1. The smallest absolute Gasteiger partial charge is 0.164 e. The van der Waals surface area contributed by atoms with E-state index in [4.69, 9.17) is 30.1 Å². The number of aliphatic hydroxyl groups is 4. The Hall–Kier alpha value is -9.16. The Morgan fingerprint density at radius 2 is 0.562 bits per heavy atom. The molecular weight excluding hydrogens is 2490 g/mol. The molecule has 4 aliphatic carbocycles. The average Bonchev–Trinajstić information content (AvgIpc) is 1.25. The molecule has 16 heteroatoms. The molecule has 0 amide bonds. The number of allylic oxidation sites excluding steroid dienone is 8. The second kappa shape index (κ2) is 63.5. The number of carbonyl (C=O) groups is 4. The van der Waals surface area contributed by atoms with Crippen LogP contribution in [0.3, 0.4) is 0 Å².